The van der Waals surface area contributed by atoms with Gasteiger partial charge in [0.05, 0.1) is 0 Å². The van der Waals surface area contributed by atoms with Crippen molar-refractivity contribution in [2.45, 2.75) is 67.0 Å². The van der Waals surface area contributed by atoms with E-state index < -0.39 is 0 Å². The van der Waals surface area contributed by atoms with E-state index in [9.17, 15) is 0 Å². The monoisotopic (exact) mass is 242 g/mol. The molecule has 1 N–H and O–H groups in total. The van der Waals surface area contributed by atoms with Gasteiger partial charge in [0, 0.05) is 18.6 Å². The predicted octanol–water partition coefficient (Wildman–Crippen LogP) is 3.38. The summed E-state index contributed by atoms with van der Waals surface area (Å²) in [6.45, 7) is 18.3. The van der Waals surface area contributed by atoms with Gasteiger partial charge in [-0.3, -0.25) is 0 Å². The molecule has 0 aliphatic heterocycles. The number of hydrogen-bond donors (Lipinski definition) is 1. The molecular formula is C15H34N2. The van der Waals surface area contributed by atoms with Crippen molar-refractivity contribution in [1.82, 2.24) is 10.2 Å². The Morgan fingerprint density at radius 3 is 2.06 bits per heavy atom. The van der Waals surface area contributed by atoms with E-state index in [0.29, 0.717) is 17.5 Å². The van der Waals surface area contributed by atoms with Crippen molar-refractivity contribution >= 4 is 0 Å². The summed E-state index contributed by atoms with van der Waals surface area (Å²) in [5.74, 6) is 0.779. The van der Waals surface area contributed by atoms with Crippen LogP contribution in [-0.4, -0.2) is 37.1 Å². The Morgan fingerprint density at radius 2 is 1.65 bits per heavy atom. The first-order chi connectivity index (χ1) is 7.70. The Bertz CT molecular complexity index is 199. The summed E-state index contributed by atoms with van der Waals surface area (Å²) in [6, 6.07) is 1.23. The van der Waals surface area contributed by atoms with Crippen LogP contribution < -0.4 is 5.32 Å². The van der Waals surface area contributed by atoms with Crippen LogP contribution >= 0.6 is 0 Å². The minimum atomic E-state index is 0.315. The van der Waals surface area contributed by atoms with Gasteiger partial charge >= 0.3 is 0 Å². The largest absolute Gasteiger partial charge is 0.314 e. The quantitative estimate of drug-likeness (QED) is 0.702. The lowest BCUT2D eigenvalue weighted by Gasteiger charge is -2.38. The summed E-state index contributed by atoms with van der Waals surface area (Å²) >= 11 is 0. The molecule has 0 fully saturated rings. The SMILES string of the molecule is CCNC(C)C(C)(C)CN(C)C(C)CC(C)C. The van der Waals surface area contributed by atoms with Gasteiger partial charge in [-0.05, 0) is 45.2 Å². The third kappa shape index (κ3) is 6.42. The fraction of sp³-hybridized carbons (Fsp3) is 1.00. The van der Waals surface area contributed by atoms with E-state index >= 15 is 0 Å². The number of hydrogen-bond acceptors (Lipinski definition) is 2. The van der Waals surface area contributed by atoms with Crippen molar-refractivity contribution in [3.8, 4) is 0 Å². The number of nitrogens with one attached hydrogen (secondary N) is 1. The van der Waals surface area contributed by atoms with Crippen LogP contribution in [0.4, 0.5) is 0 Å². The maximum Gasteiger partial charge on any atom is 0.0102 e. The third-order valence-electron chi connectivity index (χ3n) is 3.90. The Labute approximate surface area is 109 Å². The maximum atomic E-state index is 3.54. The molecule has 0 heterocycles. The highest BCUT2D eigenvalue weighted by Gasteiger charge is 2.28. The highest BCUT2D eigenvalue weighted by atomic mass is 15.1. The lowest BCUT2D eigenvalue weighted by Crippen LogP contribution is -2.47. The maximum absolute atomic E-state index is 3.54. The molecule has 0 aromatic carbocycles. The zero-order valence-electron chi connectivity index (χ0n) is 13.3. The van der Waals surface area contributed by atoms with E-state index in [1.54, 1.807) is 0 Å². The molecule has 0 bridgehead atoms. The van der Waals surface area contributed by atoms with E-state index in [1.807, 2.05) is 0 Å². The molecule has 0 rings (SSSR count). The molecule has 104 valence electrons. The van der Waals surface area contributed by atoms with Crippen molar-refractivity contribution < 1.29 is 0 Å². The van der Waals surface area contributed by atoms with Crippen LogP contribution in [-0.2, 0) is 0 Å². The molecule has 0 aliphatic carbocycles. The summed E-state index contributed by atoms with van der Waals surface area (Å²) in [5.41, 5.74) is 0.315. The van der Waals surface area contributed by atoms with Crippen molar-refractivity contribution in [2.75, 3.05) is 20.1 Å². The topological polar surface area (TPSA) is 15.3 Å². The van der Waals surface area contributed by atoms with Crippen LogP contribution in [0.2, 0.25) is 0 Å². The lowest BCUT2D eigenvalue weighted by atomic mass is 9.84. The van der Waals surface area contributed by atoms with Gasteiger partial charge in [-0.25, -0.2) is 0 Å². The van der Waals surface area contributed by atoms with Crippen molar-refractivity contribution in [3.63, 3.8) is 0 Å². The fourth-order valence-electron chi connectivity index (χ4n) is 2.38. The Balaban J connectivity index is 4.29. The molecule has 2 unspecified atom stereocenters. The molecule has 0 aromatic heterocycles. The minimum absolute atomic E-state index is 0.315. The first-order valence-corrected chi connectivity index (χ1v) is 7.14. The van der Waals surface area contributed by atoms with Gasteiger partial charge in [0.15, 0.2) is 0 Å². The van der Waals surface area contributed by atoms with E-state index in [2.05, 4.69) is 65.7 Å². The van der Waals surface area contributed by atoms with E-state index in [-0.39, 0.29) is 0 Å². The Morgan fingerprint density at radius 1 is 1.12 bits per heavy atom. The lowest BCUT2D eigenvalue weighted by molar-refractivity contribution is 0.126. The minimum Gasteiger partial charge on any atom is -0.314 e. The van der Waals surface area contributed by atoms with Gasteiger partial charge < -0.3 is 10.2 Å². The molecule has 0 amide bonds. The van der Waals surface area contributed by atoms with Crippen molar-refractivity contribution in [3.05, 3.63) is 0 Å². The van der Waals surface area contributed by atoms with Gasteiger partial charge in [-0.15, -0.1) is 0 Å². The van der Waals surface area contributed by atoms with Crippen LogP contribution in [0.25, 0.3) is 0 Å². The second kappa shape index (κ2) is 7.38. The van der Waals surface area contributed by atoms with Crippen LogP contribution in [0, 0.1) is 11.3 Å². The summed E-state index contributed by atoms with van der Waals surface area (Å²) in [7, 11) is 2.26. The number of nitrogens with zero attached hydrogens (tertiary/aromatic N) is 1. The van der Waals surface area contributed by atoms with Crippen LogP contribution in [0.5, 0.6) is 0 Å². The average molecular weight is 242 g/mol. The average Bonchev–Trinajstić information content (AvgIpc) is 2.16. The van der Waals surface area contributed by atoms with E-state index in [0.717, 1.165) is 19.0 Å². The van der Waals surface area contributed by atoms with Gasteiger partial charge in [0.25, 0.3) is 0 Å². The zero-order valence-corrected chi connectivity index (χ0v) is 13.3. The zero-order chi connectivity index (χ0) is 13.6. The Hall–Kier alpha value is -0.0800. The second-order valence-corrected chi connectivity index (χ2v) is 6.66. The summed E-state index contributed by atoms with van der Waals surface area (Å²) in [4.78, 5) is 2.51. The van der Waals surface area contributed by atoms with Gasteiger partial charge in [0.2, 0.25) is 0 Å². The molecule has 2 heteroatoms. The highest BCUT2D eigenvalue weighted by molar-refractivity contribution is 4.84. The molecule has 0 saturated carbocycles. The fourth-order valence-corrected chi connectivity index (χ4v) is 2.38. The summed E-state index contributed by atoms with van der Waals surface area (Å²) in [6.07, 6.45) is 1.28. The predicted molar refractivity (Wildman–Crippen MR) is 78.5 cm³/mol. The summed E-state index contributed by atoms with van der Waals surface area (Å²) < 4.78 is 0. The smallest absolute Gasteiger partial charge is 0.0102 e. The second-order valence-electron chi connectivity index (χ2n) is 6.66. The number of rotatable bonds is 8. The summed E-state index contributed by atoms with van der Waals surface area (Å²) in [5, 5.41) is 3.54. The molecule has 0 radical (unpaired) electrons. The van der Waals surface area contributed by atoms with E-state index in [1.165, 1.54) is 6.42 Å². The van der Waals surface area contributed by atoms with Gasteiger partial charge in [-0.1, -0.05) is 34.6 Å². The highest BCUT2D eigenvalue weighted by Crippen LogP contribution is 2.23. The normalized spacial score (nSPS) is 16.6. The van der Waals surface area contributed by atoms with E-state index in [4.69, 9.17) is 0 Å². The van der Waals surface area contributed by atoms with Gasteiger partial charge in [0.1, 0.15) is 0 Å². The van der Waals surface area contributed by atoms with Crippen LogP contribution in [0.15, 0.2) is 0 Å². The molecule has 0 spiro atoms. The molecule has 0 aliphatic rings. The molecular weight excluding hydrogens is 208 g/mol. The van der Waals surface area contributed by atoms with Crippen molar-refractivity contribution in [1.29, 1.82) is 0 Å². The first kappa shape index (κ1) is 16.9. The molecule has 17 heavy (non-hydrogen) atoms. The standard InChI is InChI=1S/C15H34N2/c1-9-16-14(5)15(6,7)11-17(8)13(4)10-12(2)3/h12-14,16H,9-11H2,1-8H3. The molecule has 2 atom stereocenters. The van der Waals surface area contributed by atoms with Crippen molar-refractivity contribution in [2.24, 2.45) is 11.3 Å². The molecule has 2 nitrogen and oxygen atoms in total. The molecule has 0 saturated heterocycles. The third-order valence-corrected chi connectivity index (χ3v) is 3.90. The first-order valence-electron chi connectivity index (χ1n) is 7.14. The van der Waals surface area contributed by atoms with Crippen LogP contribution in [0.3, 0.4) is 0 Å². The van der Waals surface area contributed by atoms with Crippen LogP contribution in [0.1, 0.15) is 54.9 Å². The molecule has 0 aromatic rings. The Kier molecular flexibility index (Phi) is 7.34. The van der Waals surface area contributed by atoms with Gasteiger partial charge in [-0.2, -0.15) is 0 Å².